The summed E-state index contributed by atoms with van der Waals surface area (Å²) in [7, 11) is 0. The van der Waals surface area contributed by atoms with Crippen molar-refractivity contribution >= 4 is 21.6 Å². The molecule has 1 aliphatic rings. The second-order valence-corrected chi connectivity index (χ2v) is 5.86. The summed E-state index contributed by atoms with van der Waals surface area (Å²) in [5, 5.41) is 12.4. The van der Waals surface area contributed by atoms with Gasteiger partial charge in [-0.3, -0.25) is 0 Å². The van der Waals surface area contributed by atoms with Crippen LogP contribution in [0.3, 0.4) is 0 Å². The minimum absolute atomic E-state index is 0.532. The molecular weight excluding hydrogens is 276 g/mol. The average molecular weight is 293 g/mol. The molecule has 0 spiro atoms. The topological polar surface area (TPSA) is 35.8 Å². The molecular formula is C14H17BrN2. The molecule has 0 saturated heterocycles. The minimum Gasteiger partial charge on any atom is -0.384 e. The van der Waals surface area contributed by atoms with Crippen LogP contribution in [0.5, 0.6) is 0 Å². The van der Waals surface area contributed by atoms with Gasteiger partial charge in [0.05, 0.1) is 11.6 Å². The zero-order chi connectivity index (χ0) is 12.3. The minimum atomic E-state index is 0.532. The lowest BCUT2D eigenvalue weighted by molar-refractivity contribution is 0.486. The van der Waals surface area contributed by atoms with Gasteiger partial charge in [0.25, 0.3) is 0 Å². The van der Waals surface area contributed by atoms with Gasteiger partial charge in [-0.1, -0.05) is 29.3 Å². The average Bonchev–Trinajstić information content (AvgIpc) is 3.07. The molecule has 1 aromatic carbocycles. The fraction of sp³-hybridized carbons (Fsp3) is 0.500. The van der Waals surface area contributed by atoms with Crippen LogP contribution in [0, 0.1) is 16.7 Å². The second-order valence-electron chi connectivity index (χ2n) is 4.94. The predicted molar refractivity (Wildman–Crippen MR) is 73.9 cm³/mol. The van der Waals surface area contributed by atoms with Crippen LogP contribution < -0.4 is 5.32 Å². The number of benzene rings is 1. The van der Waals surface area contributed by atoms with Gasteiger partial charge in [-0.25, -0.2) is 0 Å². The van der Waals surface area contributed by atoms with E-state index in [1.54, 1.807) is 0 Å². The Balaban J connectivity index is 2.00. The maximum absolute atomic E-state index is 8.91. The normalized spacial score (nSPS) is 16.3. The number of hydrogen-bond acceptors (Lipinski definition) is 2. The van der Waals surface area contributed by atoms with Crippen molar-refractivity contribution in [3.05, 3.63) is 28.2 Å². The van der Waals surface area contributed by atoms with Crippen LogP contribution >= 0.6 is 15.9 Å². The molecule has 1 saturated carbocycles. The number of nitrogens with one attached hydrogen (secondary N) is 1. The summed E-state index contributed by atoms with van der Waals surface area (Å²) < 4.78 is 0.958. The lowest BCUT2D eigenvalue weighted by atomic mass is 10.0. The molecule has 3 heteroatoms. The van der Waals surface area contributed by atoms with E-state index in [0.29, 0.717) is 11.0 Å². The summed E-state index contributed by atoms with van der Waals surface area (Å²) in [6.45, 7) is 3.27. The van der Waals surface area contributed by atoms with Crippen molar-refractivity contribution in [3.63, 3.8) is 0 Å². The standard InChI is InChI=1S/C14H17BrN2/c1-2-3-14(4-5-14)10-17-13-7-11(9-16)6-12(15)8-13/h6-8,17H,2-5,10H2,1H3. The van der Waals surface area contributed by atoms with Crippen LogP contribution in [0.1, 0.15) is 38.2 Å². The van der Waals surface area contributed by atoms with Crippen LogP contribution in [0.25, 0.3) is 0 Å². The first-order valence-electron chi connectivity index (χ1n) is 6.12. The molecule has 0 aromatic heterocycles. The van der Waals surface area contributed by atoms with Gasteiger partial charge in [-0.05, 0) is 42.9 Å². The van der Waals surface area contributed by atoms with E-state index >= 15 is 0 Å². The zero-order valence-electron chi connectivity index (χ0n) is 10.1. The summed E-state index contributed by atoms with van der Waals surface area (Å²) in [6, 6.07) is 7.95. The second kappa shape index (κ2) is 5.10. The molecule has 0 unspecified atom stereocenters. The number of rotatable bonds is 5. The zero-order valence-corrected chi connectivity index (χ0v) is 11.7. The first kappa shape index (κ1) is 12.4. The van der Waals surface area contributed by atoms with Crippen molar-refractivity contribution in [2.75, 3.05) is 11.9 Å². The largest absolute Gasteiger partial charge is 0.384 e. The Hall–Kier alpha value is -1.01. The van der Waals surface area contributed by atoms with E-state index in [2.05, 4.69) is 34.2 Å². The Morgan fingerprint density at radius 1 is 1.41 bits per heavy atom. The monoisotopic (exact) mass is 292 g/mol. The molecule has 0 aliphatic heterocycles. The lowest BCUT2D eigenvalue weighted by Crippen LogP contribution is -2.15. The third kappa shape index (κ3) is 3.23. The van der Waals surface area contributed by atoms with Gasteiger partial charge < -0.3 is 5.32 Å². The Morgan fingerprint density at radius 3 is 2.76 bits per heavy atom. The van der Waals surface area contributed by atoms with Crippen molar-refractivity contribution in [1.29, 1.82) is 5.26 Å². The smallest absolute Gasteiger partial charge is 0.0992 e. The molecule has 17 heavy (non-hydrogen) atoms. The van der Waals surface area contributed by atoms with E-state index in [1.165, 1.54) is 25.7 Å². The summed E-state index contributed by atoms with van der Waals surface area (Å²) in [5.41, 5.74) is 2.27. The highest BCUT2D eigenvalue weighted by Crippen LogP contribution is 2.49. The predicted octanol–water partition coefficient (Wildman–Crippen LogP) is 4.31. The first-order chi connectivity index (χ1) is 8.17. The van der Waals surface area contributed by atoms with Gasteiger partial charge in [0.1, 0.15) is 0 Å². The van der Waals surface area contributed by atoms with E-state index in [1.807, 2.05) is 18.2 Å². The van der Waals surface area contributed by atoms with Crippen LogP contribution in [0.4, 0.5) is 5.69 Å². The number of halogens is 1. The third-order valence-corrected chi connectivity index (χ3v) is 3.89. The van der Waals surface area contributed by atoms with Crippen molar-refractivity contribution in [3.8, 4) is 6.07 Å². The molecule has 2 rings (SSSR count). The number of hydrogen-bond donors (Lipinski definition) is 1. The number of nitrogens with zero attached hydrogens (tertiary/aromatic N) is 1. The Kier molecular flexibility index (Phi) is 3.73. The number of anilines is 1. The van der Waals surface area contributed by atoms with E-state index in [4.69, 9.17) is 5.26 Å². The maximum atomic E-state index is 8.91. The maximum Gasteiger partial charge on any atom is 0.0992 e. The van der Waals surface area contributed by atoms with Crippen LogP contribution in [0.2, 0.25) is 0 Å². The molecule has 0 radical (unpaired) electrons. The van der Waals surface area contributed by atoms with Crippen LogP contribution in [-0.2, 0) is 0 Å². The van der Waals surface area contributed by atoms with Crippen molar-refractivity contribution in [2.24, 2.45) is 5.41 Å². The summed E-state index contributed by atoms with van der Waals surface area (Å²) in [5.74, 6) is 0. The van der Waals surface area contributed by atoms with E-state index in [9.17, 15) is 0 Å². The molecule has 1 N–H and O–H groups in total. The van der Waals surface area contributed by atoms with Crippen molar-refractivity contribution in [1.82, 2.24) is 0 Å². The Bertz CT molecular complexity index is 444. The van der Waals surface area contributed by atoms with Crippen molar-refractivity contribution < 1.29 is 0 Å². The number of nitriles is 1. The molecule has 1 aliphatic carbocycles. The van der Waals surface area contributed by atoms with E-state index in [0.717, 1.165) is 16.7 Å². The molecule has 0 amide bonds. The summed E-state index contributed by atoms with van der Waals surface area (Å²) in [4.78, 5) is 0. The van der Waals surface area contributed by atoms with Gasteiger partial charge in [0.2, 0.25) is 0 Å². The molecule has 0 atom stereocenters. The van der Waals surface area contributed by atoms with E-state index in [-0.39, 0.29) is 0 Å². The molecule has 90 valence electrons. The fourth-order valence-corrected chi connectivity index (χ4v) is 2.76. The Morgan fingerprint density at radius 2 is 2.18 bits per heavy atom. The van der Waals surface area contributed by atoms with Gasteiger partial charge in [-0.15, -0.1) is 0 Å². The van der Waals surface area contributed by atoms with Gasteiger partial charge in [-0.2, -0.15) is 5.26 Å². The fourth-order valence-electron chi connectivity index (χ4n) is 2.27. The molecule has 1 fully saturated rings. The lowest BCUT2D eigenvalue weighted by Gasteiger charge is -2.16. The SMILES string of the molecule is CCCC1(CNc2cc(Br)cc(C#N)c2)CC1. The Labute approximate surface area is 111 Å². The summed E-state index contributed by atoms with van der Waals surface area (Å²) >= 11 is 3.43. The third-order valence-electron chi connectivity index (χ3n) is 3.43. The van der Waals surface area contributed by atoms with E-state index < -0.39 is 0 Å². The van der Waals surface area contributed by atoms with Gasteiger partial charge >= 0.3 is 0 Å². The molecule has 2 nitrogen and oxygen atoms in total. The first-order valence-corrected chi connectivity index (χ1v) is 6.91. The molecule has 0 bridgehead atoms. The van der Waals surface area contributed by atoms with Crippen LogP contribution in [-0.4, -0.2) is 6.54 Å². The van der Waals surface area contributed by atoms with Crippen molar-refractivity contribution in [2.45, 2.75) is 32.6 Å². The van der Waals surface area contributed by atoms with Gasteiger partial charge in [0.15, 0.2) is 0 Å². The van der Waals surface area contributed by atoms with Gasteiger partial charge in [0, 0.05) is 16.7 Å². The summed E-state index contributed by atoms with van der Waals surface area (Å²) in [6.07, 6.45) is 5.24. The molecule has 0 heterocycles. The quantitative estimate of drug-likeness (QED) is 0.878. The molecule has 1 aromatic rings. The van der Waals surface area contributed by atoms with Crippen LogP contribution in [0.15, 0.2) is 22.7 Å². The highest BCUT2D eigenvalue weighted by Gasteiger charge is 2.40. The highest BCUT2D eigenvalue weighted by molar-refractivity contribution is 9.10. The highest BCUT2D eigenvalue weighted by atomic mass is 79.9.